The molecule has 4 nitrogen and oxygen atoms in total. The molecule has 1 rings (SSSR count). The van der Waals surface area contributed by atoms with Crippen molar-refractivity contribution in [1.82, 2.24) is 10.3 Å². The molecule has 0 saturated heterocycles. The molecular formula is C8H8BrFKN3O. The van der Waals surface area contributed by atoms with E-state index in [1.165, 1.54) is 20.3 Å². The van der Waals surface area contributed by atoms with Crippen molar-refractivity contribution in [2.24, 2.45) is 0 Å². The molecule has 1 amide bonds. The van der Waals surface area contributed by atoms with Crippen LogP contribution in [0.4, 0.5) is 10.1 Å². The number of rotatable bonds is 2. The van der Waals surface area contributed by atoms with E-state index >= 15 is 0 Å². The maximum Gasteiger partial charge on any atom is 1.00 e. The van der Waals surface area contributed by atoms with Crippen LogP contribution >= 0.6 is 15.9 Å². The Morgan fingerprint density at radius 3 is 2.73 bits per heavy atom. The van der Waals surface area contributed by atoms with E-state index in [0.29, 0.717) is 4.47 Å². The Morgan fingerprint density at radius 1 is 1.67 bits per heavy atom. The number of aromatic nitrogens is 1. The molecule has 0 atom stereocenters. The van der Waals surface area contributed by atoms with Gasteiger partial charge in [-0.05, 0) is 0 Å². The first kappa shape index (κ1) is 15.5. The van der Waals surface area contributed by atoms with Crippen molar-refractivity contribution in [2.45, 2.75) is 0 Å². The second kappa shape index (κ2) is 6.92. The molecule has 1 aromatic heterocycles. The zero-order valence-corrected chi connectivity index (χ0v) is 13.3. The topological polar surface area (TPSA) is 56.1 Å². The van der Waals surface area contributed by atoms with E-state index in [-0.39, 0.29) is 62.6 Å². The van der Waals surface area contributed by atoms with E-state index in [0.717, 1.165) is 0 Å². The summed E-state index contributed by atoms with van der Waals surface area (Å²) in [4.78, 5) is 14.7. The normalized spacial score (nSPS) is 9.07. The van der Waals surface area contributed by atoms with Crippen molar-refractivity contribution < 1.29 is 60.6 Å². The van der Waals surface area contributed by atoms with Gasteiger partial charge in [-0.2, -0.15) is 4.39 Å². The third-order valence-corrected chi connectivity index (χ3v) is 2.22. The minimum Gasteiger partial charge on any atom is -0.685 e. The van der Waals surface area contributed by atoms with Crippen LogP contribution in [-0.2, 0) is 0 Å². The Kier molecular flexibility index (Phi) is 7.14. The van der Waals surface area contributed by atoms with Crippen LogP contribution in [-0.4, -0.2) is 25.0 Å². The van der Waals surface area contributed by atoms with E-state index in [9.17, 15) is 9.18 Å². The van der Waals surface area contributed by atoms with Crippen molar-refractivity contribution in [2.75, 3.05) is 14.1 Å². The predicted octanol–water partition coefficient (Wildman–Crippen LogP) is -1.02. The average molecular weight is 300 g/mol. The number of halogens is 2. The molecule has 0 aliphatic carbocycles. The summed E-state index contributed by atoms with van der Waals surface area (Å²) >= 11 is 3.14. The summed E-state index contributed by atoms with van der Waals surface area (Å²) in [6.07, 6.45) is 1.27. The second-order valence-electron chi connectivity index (χ2n) is 2.42. The van der Waals surface area contributed by atoms with Gasteiger partial charge >= 0.3 is 51.4 Å². The van der Waals surface area contributed by atoms with E-state index in [2.05, 4.69) is 31.5 Å². The number of nitrogens with one attached hydrogen (secondary N) is 1. The average Bonchev–Trinajstić information content (AvgIpc) is 2.19. The third-order valence-electron chi connectivity index (χ3n) is 1.64. The van der Waals surface area contributed by atoms with E-state index in [4.69, 9.17) is 0 Å². The monoisotopic (exact) mass is 299 g/mol. The zero-order chi connectivity index (χ0) is 10.7. The summed E-state index contributed by atoms with van der Waals surface area (Å²) < 4.78 is 13.7. The Morgan fingerprint density at radius 2 is 2.27 bits per heavy atom. The maximum absolute atomic E-state index is 13.2. The molecule has 7 heteroatoms. The van der Waals surface area contributed by atoms with Gasteiger partial charge in [-0.25, -0.2) is 4.98 Å². The molecule has 0 radical (unpaired) electrons. The van der Waals surface area contributed by atoms with Crippen LogP contribution in [0.15, 0.2) is 10.7 Å². The number of hydrogen-bond donors (Lipinski definition) is 1. The zero-order valence-electron chi connectivity index (χ0n) is 8.64. The fourth-order valence-corrected chi connectivity index (χ4v) is 1.48. The second-order valence-corrected chi connectivity index (χ2v) is 3.28. The molecule has 0 aromatic carbocycles. The minimum atomic E-state index is -0.826. The molecule has 0 bridgehead atoms. The fraction of sp³-hybridized carbons (Fsp3) is 0.250. The first-order valence-electron chi connectivity index (χ1n) is 3.77. The molecule has 1 aromatic rings. The van der Waals surface area contributed by atoms with Gasteiger partial charge in [0.25, 0.3) is 5.91 Å². The number of pyridine rings is 1. The number of amides is 1. The number of hydrogen-bond acceptors (Lipinski definition) is 2. The Bertz CT molecular complexity index is 375. The molecule has 0 saturated carbocycles. The summed E-state index contributed by atoms with van der Waals surface area (Å²) in [5.41, 5.74) is 0.112. The van der Waals surface area contributed by atoms with E-state index < -0.39 is 11.9 Å². The molecule has 0 aliphatic rings. The standard InChI is InChI=1S/C8H9BrFN3O.K/c1-11-6-4(9)3-13-7(10)5(6)8(14)12-2;/h3H,1-2H3,(H2,11,12,13,14);/q;+1/p-1. The molecule has 0 fully saturated rings. The van der Waals surface area contributed by atoms with Gasteiger partial charge in [-0.1, -0.05) is 15.9 Å². The quantitative estimate of drug-likeness (QED) is 0.562. The van der Waals surface area contributed by atoms with Crippen molar-refractivity contribution in [3.8, 4) is 0 Å². The van der Waals surface area contributed by atoms with Crippen molar-refractivity contribution in [3.05, 3.63) is 27.5 Å². The first-order valence-corrected chi connectivity index (χ1v) is 4.57. The number of carbonyl (C=O) groups excluding carboxylic acids is 1. The summed E-state index contributed by atoms with van der Waals surface area (Å²) in [7, 11) is 2.90. The van der Waals surface area contributed by atoms with Gasteiger partial charge in [-0.15, -0.1) is 12.7 Å². The van der Waals surface area contributed by atoms with Gasteiger partial charge in [0.1, 0.15) is 0 Å². The molecule has 0 spiro atoms. The van der Waals surface area contributed by atoms with Crippen LogP contribution in [0.5, 0.6) is 0 Å². The smallest absolute Gasteiger partial charge is 0.685 e. The summed E-state index contributed by atoms with van der Waals surface area (Å²) in [6, 6.07) is 0. The van der Waals surface area contributed by atoms with Crippen LogP contribution in [0.1, 0.15) is 10.4 Å². The van der Waals surface area contributed by atoms with Gasteiger partial charge in [0.05, 0.1) is 5.56 Å². The fourth-order valence-electron chi connectivity index (χ4n) is 1.00. The number of nitrogens with zero attached hydrogens (tertiary/aromatic N) is 2. The Hall–Kier alpha value is 0.466. The van der Waals surface area contributed by atoms with Gasteiger partial charge < -0.3 is 10.6 Å². The van der Waals surface area contributed by atoms with Crippen LogP contribution in [0.2, 0.25) is 0 Å². The van der Waals surface area contributed by atoms with Gasteiger partial charge in [0, 0.05) is 17.7 Å². The van der Waals surface area contributed by atoms with Gasteiger partial charge in [0.2, 0.25) is 5.95 Å². The first-order chi connectivity index (χ1) is 6.61. The number of carbonyl (C=O) groups is 1. The summed E-state index contributed by atoms with van der Waals surface area (Å²) in [5.74, 6) is -1.37. The van der Waals surface area contributed by atoms with Crippen LogP contribution in [0, 0.1) is 5.95 Å². The van der Waals surface area contributed by atoms with E-state index in [1.807, 2.05) is 0 Å². The molecule has 0 aliphatic heterocycles. The molecule has 76 valence electrons. The summed E-state index contributed by atoms with van der Waals surface area (Å²) in [6.45, 7) is 0. The maximum atomic E-state index is 13.2. The molecule has 0 unspecified atom stereocenters. The van der Waals surface area contributed by atoms with Gasteiger partial charge in [0.15, 0.2) is 0 Å². The molecular weight excluding hydrogens is 292 g/mol. The predicted molar refractivity (Wildman–Crippen MR) is 54.2 cm³/mol. The van der Waals surface area contributed by atoms with Crippen molar-refractivity contribution in [1.29, 1.82) is 0 Å². The Labute approximate surface area is 138 Å². The SMILES string of the molecule is C[N-]c1c(Br)cnc(F)c1C(=O)NC.[K+]. The van der Waals surface area contributed by atoms with E-state index in [1.54, 1.807) is 0 Å². The minimum absolute atomic E-state index is 0. The van der Waals surface area contributed by atoms with Crippen LogP contribution < -0.4 is 56.7 Å². The van der Waals surface area contributed by atoms with Crippen molar-refractivity contribution in [3.63, 3.8) is 0 Å². The van der Waals surface area contributed by atoms with Crippen LogP contribution in [0.25, 0.3) is 5.32 Å². The molecule has 1 heterocycles. The molecule has 15 heavy (non-hydrogen) atoms. The Balaban J connectivity index is 0.00000196. The third kappa shape index (κ3) is 3.47. The summed E-state index contributed by atoms with van der Waals surface area (Å²) in [5, 5.41) is 6.14. The molecule has 1 N–H and O–H groups in total. The van der Waals surface area contributed by atoms with Gasteiger partial charge in [-0.3, -0.25) is 4.79 Å². The largest absolute Gasteiger partial charge is 1.00 e. The van der Waals surface area contributed by atoms with Crippen LogP contribution in [0.3, 0.4) is 0 Å². The van der Waals surface area contributed by atoms with Crippen molar-refractivity contribution >= 4 is 27.5 Å².